The molecule has 2 N–H and O–H groups in total. The fourth-order valence-corrected chi connectivity index (χ4v) is 1.12. The number of fused-ring (bicyclic) bond motifs is 1. The van der Waals surface area contributed by atoms with Gasteiger partial charge in [0, 0.05) is 18.9 Å². The van der Waals surface area contributed by atoms with Crippen LogP contribution < -0.4 is 5.73 Å². The highest BCUT2D eigenvalue weighted by Crippen LogP contribution is 2.05. The van der Waals surface area contributed by atoms with Crippen molar-refractivity contribution in [1.82, 2.24) is 9.38 Å². The zero-order chi connectivity index (χ0) is 8.55. The van der Waals surface area contributed by atoms with Gasteiger partial charge in [0.25, 0.3) is 0 Å². The Morgan fingerprint density at radius 3 is 2.85 bits per heavy atom. The quantitative estimate of drug-likeness (QED) is 0.757. The molecule has 2 rings (SSSR count). The molecule has 0 unspecified atom stereocenters. The number of nitrogens with two attached hydrogens (primary N) is 1. The van der Waals surface area contributed by atoms with E-state index < -0.39 is 0 Å². The number of hydrogen-bond acceptors (Lipinski definition) is 2. The van der Waals surface area contributed by atoms with Gasteiger partial charge >= 0.3 is 0 Å². The fraction of sp³-hybridized carbons (Fsp3) is 0.125. The molecule has 0 aliphatic carbocycles. The van der Waals surface area contributed by atoms with E-state index >= 15 is 0 Å². The third-order valence-electron chi connectivity index (χ3n) is 1.67. The van der Waals surface area contributed by atoms with Crippen LogP contribution in [0, 0.1) is 5.82 Å². The van der Waals surface area contributed by atoms with Crippen molar-refractivity contribution in [3.63, 3.8) is 0 Å². The standard InChI is InChI=1S/C8H8FN3.ClH/c9-6-1-2-8-11-7(3-10)5-12(8)4-6;/h1-2,4-5H,3,10H2;1H. The highest BCUT2D eigenvalue weighted by atomic mass is 35.5. The van der Waals surface area contributed by atoms with Gasteiger partial charge in [0.1, 0.15) is 11.5 Å². The summed E-state index contributed by atoms with van der Waals surface area (Å²) in [6.07, 6.45) is 3.10. The van der Waals surface area contributed by atoms with Crippen molar-refractivity contribution < 1.29 is 4.39 Å². The molecule has 0 aliphatic heterocycles. The molecule has 2 heterocycles. The molecule has 13 heavy (non-hydrogen) atoms. The van der Waals surface area contributed by atoms with E-state index in [2.05, 4.69) is 4.98 Å². The summed E-state index contributed by atoms with van der Waals surface area (Å²) in [5.41, 5.74) is 6.87. The smallest absolute Gasteiger partial charge is 0.139 e. The topological polar surface area (TPSA) is 43.3 Å². The Labute approximate surface area is 80.8 Å². The Morgan fingerprint density at radius 2 is 2.15 bits per heavy atom. The maximum atomic E-state index is 12.7. The molecule has 0 fully saturated rings. The highest BCUT2D eigenvalue weighted by Gasteiger charge is 1.99. The summed E-state index contributed by atoms with van der Waals surface area (Å²) < 4.78 is 14.3. The Hall–Kier alpha value is -1.13. The molecule has 70 valence electrons. The average Bonchev–Trinajstić information content (AvgIpc) is 2.46. The van der Waals surface area contributed by atoms with Crippen molar-refractivity contribution in [3.05, 3.63) is 36.0 Å². The van der Waals surface area contributed by atoms with E-state index in [-0.39, 0.29) is 18.2 Å². The van der Waals surface area contributed by atoms with Gasteiger partial charge in [-0.2, -0.15) is 0 Å². The van der Waals surface area contributed by atoms with Gasteiger partial charge in [0.15, 0.2) is 0 Å². The molecule has 0 atom stereocenters. The normalized spacial score (nSPS) is 10.0. The van der Waals surface area contributed by atoms with E-state index in [1.807, 2.05) is 0 Å². The van der Waals surface area contributed by atoms with Gasteiger partial charge in [-0.05, 0) is 12.1 Å². The highest BCUT2D eigenvalue weighted by molar-refractivity contribution is 5.85. The zero-order valence-electron chi connectivity index (χ0n) is 6.77. The summed E-state index contributed by atoms with van der Waals surface area (Å²) in [6, 6.07) is 3.00. The molecule has 0 saturated heterocycles. The number of rotatable bonds is 1. The Kier molecular flexibility index (Phi) is 2.85. The van der Waals surface area contributed by atoms with E-state index in [0.29, 0.717) is 6.54 Å². The lowest BCUT2D eigenvalue weighted by Crippen LogP contribution is -1.95. The van der Waals surface area contributed by atoms with Crippen molar-refractivity contribution in [2.24, 2.45) is 5.73 Å². The predicted molar refractivity (Wildman–Crippen MR) is 50.3 cm³/mol. The second kappa shape index (κ2) is 3.72. The molecule has 0 spiro atoms. The van der Waals surface area contributed by atoms with Crippen LogP contribution in [0.3, 0.4) is 0 Å². The number of pyridine rings is 1. The largest absolute Gasteiger partial charge is 0.325 e. The summed E-state index contributed by atoms with van der Waals surface area (Å²) >= 11 is 0. The molecule has 0 aromatic carbocycles. The van der Waals surface area contributed by atoms with Crippen LogP contribution in [-0.4, -0.2) is 9.38 Å². The minimum Gasteiger partial charge on any atom is -0.325 e. The third kappa shape index (κ3) is 1.79. The first kappa shape index (κ1) is 9.95. The molecule has 0 amide bonds. The molecule has 2 aromatic rings. The van der Waals surface area contributed by atoms with Gasteiger partial charge < -0.3 is 10.1 Å². The van der Waals surface area contributed by atoms with Crippen molar-refractivity contribution in [1.29, 1.82) is 0 Å². The van der Waals surface area contributed by atoms with E-state index in [4.69, 9.17) is 5.73 Å². The van der Waals surface area contributed by atoms with Crippen molar-refractivity contribution in [2.75, 3.05) is 0 Å². The Balaban J connectivity index is 0.000000845. The van der Waals surface area contributed by atoms with E-state index in [9.17, 15) is 4.39 Å². The van der Waals surface area contributed by atoms with E-state index in [1.54, 1.807) is 16.7 Å². The predicted octanol–water partition coefficient (Wildman–Crippen LogP) is 1.35. The minimum absolute atomic E-state index is 0. The van der Waals surface area contributed by atoms with Crippen molar-refractivity contribution in [3.8, 4) is 0 Å². The molecular weight excluding hydrogens is 193 g/mol. The maximum absolute atomic E-state index is 12.7. The van der Waals surface area contributed by atoms with Gasteiger partial charge in [-0.25, -0.2) is 9.37 Å². The molecule has 0 aliphatic rings. The summed E-state index contributed by atoms with van der Waals surface area (Å²) in [5, 5.41) is 0. The molecule has 5 heteroatoms. The number of aromatic nitrogens is 2. The lowest BCUT2D eigenvalue weighted by molar-refractivity contribution is 0.619. The van der Waals surface area contributed by atoms with Crippen LogP contribution in [0.5, 0.6) is 0 Å². The van der Waals surface area contributed by atoms with Gasteiger partial charge in [-0.1, -0.05) is 0 Å². The molecular formula is C8H9ClFN3. The second-order valence-electron chi connectivity index (χ2n) is 2.55. The summed E-state index contributed by atoms with van der Waals surface area (Å²) in [7, 11) is 0. The molecule has 0 saturated carbocycles. The lowest BCUT2D eigenvalue weighted by atomic mass is 10.5. The number of imidazole rings is 1. The Morgan fingerprint density at radius 1 is 1.38 bits per heavy atom. The average molecular weight is 202 g/mol. The molecule has 0 radical (unpaired) electrons. The van der Waals surface area contributed by atoms with Crippen LogP contribution in [0.1, 0.15) is 5.69 Å². The van der Waals surface area contributed by atoms with Crippen LogP contribution in [0.15, 0.2) is 24.5 Å². The Bertz CT molecular complexity index is 413. The van der Waals surface area contributed by atoms with Crippen LogP contribution in [0.25, 0.3) is 5.65 Å². The number of hydrogen-bond donors (Lipinski definition) is 1. The molecule has 2 aromatic heterocycles. The third-order valence-corrected chi connectivity index (χ3v) is 1.67. The number of halogens is 2. The number of nitrogens with zero attached hydrogens (tertiary/aromatic N) is 2. The van der Waals surface area contributed by atoms with Crippen LogP contribution >= 0.6 is 12.4 Å². The zero-order valence-corrected chi connectivity index (χ0v) is 7.59. The van der Waals surface area contributed by atoms with Crippen LogP contribution in [-0.2, 0) is 6.54 Å². The van der Waals surface area contributed by atoms with Crippen molar-refractivity contribution in [2.45, 2.75) is 6.54 Å². The second-order valence-corrected chi connectivity index (χ2v) is 2.55. The summed E-state index contributed by atoms with van der Waals surface area (Å²) in [6.45, 7) is 0.378. The first-order chi connectivity index (χ1) is 5.79. The van der Waals surface area contributed by atoms with Gasteiger partial charge in [0.2, 0.25) is 0 Å². The van der Waals surface area contributed by atoms with E-state index in [1.165, 1.54) is 12.3 Å². The maximum Gasteiger partial charge on any atom is 0.139 e. The van der Waals surface area contributed by atoms with Crippen LogP contribution in [0.4, 0.5) is 4.39 Å². The lowest BCUT2D eigenvalue weighted by Gasteiger charge is -1.90. The first-order valence-corrected chi connectivity index (χ1v) is 3.63. The summed E-state index contributed by atoms with van der Waals surface area (Å²) in [4.78, 5) is 4.14. The van der Waals surface area contributed by atoms with Gasteiger partial charge in [-0.15, -0.1) is 12.4 Å². The monoisotopic (exact) mass is 201 g/mol. The summed E-state index contributed by atoms with van der Waals surface area (Å²) in [5.74, 6) is -0.275. The molecule has 3 nitrogen and oxygen atoms in total. The van der Waals surface area contributed by atoms with E-state index in [0.717, 1.165) is 11.3 Å². The minimum atomic E-state index is -0.275. The SMILES string of the molecule is Cl.NCc1cn2cc(F)ccc2n1. The fourth-order valence-electron chi connectivity index (χ4n) is 1.12. The first-order valence-electron chi connectivity index (χ1n) is 3.63. The van der Waals surface area contributed by atoms with Crippen molar-refractivity contribution >= 4 is 18.1 Å². The van der Waals surface area contributed by atoms with Gasteiger partial charge in [-0.3, -0.25) is 0 Å². The van der Waals surface area contributed by atoms with Gasteiger partial charge in [0.05, 0.1) is 5.69 Å². The van der Waals surface area contributed by atoms with Crippen LogP contribution in [0.2, 0.25) is 0 Å². The molecule has 0 bridgehead atoms.